The Kier molecular flexibility index (Phi) is 6.47. The third-order valence-corrected chi connectivity index (χ3v) is 5.29. The molecule has 1 aliphatic carbocycles. The molecule has 0 heterocycles. The fourth-order valence-electron chi connectivity index (χ4n) is 3.41. The predicted molar refractivity (Wildman–Crippen MR) is 114 cm³/mol. The number of hydrogen-bond acceptors (Lipinski definition) is 3. The van der Waals surface area contributed by atoms with Gasteiger partial charge in [-0.05, 0) is 49.9 Å². The Morgan fingerprint density at radius 2 is 1.64 bits per heavy atom. The lowest BCUT2D eigenvalue weighted by molar-refractivity contribution is -0.120. The third-order valence-electron chi connectivity index (χ3n) is 5.29. The molecule has 0 bridgehead atoms. The van der Waals surface area contributed by atoms with Gasteiger partial charge in [0.15, 0.2) is 0 Å². The number of rotatable bonds is 8. The van der Waals surface area contributed by atoms with Gasteiger partial charge in [0.1, 0.15) is 0 Å². The van der Waals surface area contributed by atoms with Crippen LogP contribution in [0.25, 0.3) is 0 Å². The van der Waals surface area contributed by atoms with Crippen molar-refractivity contribution in [2.75, 3.05) is 30.4 Å². The van der Waals surface area contributed by atoms with E-state index in [1.54, 1.807) is 11.9 Å². The Hall–Kier alpha value is -2.66. The number of nitrogens with zero attached hydrogens (tertiary/aromatic N) is 2. The molecule has 1 N–H and O–H groups in total. The van der Waals surface area contributed by atoms with Crippen molar-refractivity contribution in [3.05, 3.63) is 59.7 Å². The van der Waals surface area contributed by atoms with Crippen LogP contribution in [0.2, 0.25) is 0 Å². The molecule has 3 rings (SSSR count). The minimum absolute atomic E-state index is 0.0202. The summed E-state index contributed by atoms with van der Waals surface area (Å²) in [5.41, 5.74) is 3.90. The van der Waals surface area contributed by atoms with Crippen LogP contribution >= 0.6 is 0 Å². The van der Waals surface area contributed by atoms with Crippen LogP contribution in [0.3, 0.4) is 0 Å². The Labute approximate surface area is 167 Å². The molecule has 1 fully saturated rings. The Morgan fingerprint density at radius 3 is 2.25 bits per heavy atom. The summed E-state index contributed by atoms with van der Waals surface area (Å²) in [6, 6.07) is 16.0. The second-order valence-electron chi connectivity index (χ2n) is 7.55. The van der Waals surface area contributed by atoms with Crippen molar-refractivity contribution in [1.29, 1.82) is 0 Å². The molecule has 2 aromatic carbocycles. The first-order valence-electron chi connectivity index (χ1n) is 9.87. The highest BCUT2D eigenvalue weighted by Gasteiger charge is 2.30. The maximum Gasteiger partial charge on any atom is 0.238 e. The zero-order chi connectivity index (χ0) is 20.1. The average molecular weight is 380 g/mol. The number of nitrogens with one attached hydrogen (secondary N) is 1. The first-order chi connectivity index (χ1) is 13.5. The fraction of sp³-hybridized carbons (Fsp3) is 0.391. The van der Waals surface area contributed by atoms with Gasteiger partial charge < -0.3 is 10.2 Å². The normalized spacial score (nSPS) is 13.4. The average Bonchev–Trinajstić information content (AvgIpc) is 3.53. The van der Waals surface area contributed by atoms with Crippen LogP contribution in [0.4, 0.5) is 11.4 Å². The third kappa shape index (κ3) is 5.20. The maximum absolute atomic E-state index is 12.6. The van der Waals surface area contributed by atoms with Gasteiger partial charge in [0.25, 0.3) is 0 Å². The molecule has 5 heteroatoms. The van der Waals surface area contributed by atoms with Crippen LogP contribution in [0.5, 0.6) is 0 Å². The quantitative estimate of drug-likeness (QED) is 0.760. The monoisotopic (exact) mass is 379 g/mol. The molecule has 5 nitrogen and oxygen atoms in total. The molecule has 0 aromatic heterocycles. The molecule has 0 atom stereocenters. The van der Waals surface area contributed by atoms with Gasteiger partial charge in [-0.2, -0.15) is 0 Å². The Bertz CT molecular complexity index is 811. The molecule has 0 unspecified atom stereocenters. The van der Waals surface area contributed by atoms with Gasteiger partial charge in [0, 0.05) is 37.4 Å². The van der Waals surface area contributed by atoms with E-state index >= 15 is 0 Å². The van der Waals surface area contributed by atoms with Crippen molar-refractivity contribution in [3.8, 4) is 0 Å². The minimum atomic E-state index is -0.0202. The van der Waals surface area contributed by atoms with Crippen molar-refractivity contribution >= 4 is 23.2 Å². The summed E-state index contributed by atoms with van der Waals surface area (Å²) in [5.74, 6) is 0.0418. The molecular formula is C23H29N3O2. The molecule has 2 amide bonds. The van der Waals surface area contributed by atoms with E-state index in [2.05, 4.69) is 10.2 Å². The molecule has 0 aliphatic heterocycles. The molecule has 0 spiro atoms. The second-order valence-corrected chi connectivity index (χ2v) is 7.55. The zero-order valence-electron chi connectivity index (χ0n) is 16.9. The van der Waals surface area contributed by atoms with E-state index in [0.29, 0.717) is 25.6 Å². The van der Waals surface area contributed by atoms with Crippen molar-refractivity contribution in [2.45, 2.75) is 39.2 Å². The summed E-state index contributed by atoms with van der Waals surface area (Å²) in [5, 5.41) is 3.05. The second kappa shape index (κ2) is 9.02. The minimum Gasteiger partial charge on any atom is -0.324 e. The zero-order valence-corrected chi connectivity index (χ0v) is 16.9. The summed E-state index contributed by atoms with van der Waals surface area (Å²) in [6.07, 6.45) is 2.59. The van der Waals surface area contributed by atoms with E-state index in [0.717, 1.165) is 35.3 Å². The van der Waals surface area contributed by atoms with Crippen molar-refractivity contribution in [2.24, 2.45) is 0 Å². The van der Waals surface area contributed by atoms with Gasteiger partial charge in [0.05, 0.1) is 6.54 Å². The number of para-hydroxylation sites is 2. The summed E-state index contributed by atoms with van der Waals surface area (Å²) >= 11 is 0. The molecule has 28 heavy (non-hydrogen) atoms. The Balaban J connectivity index is 1.55. The SMILES string of the molecule is Cc1cccc(C)c1NC(=O)CN(CCC(=O)N(C)c1ccccc1)C1CC1. The van der Waals surface area contributed by atoms with E-state index in [1.807, 2.05) is 62.4 Å². The number of benzene rings is 2. The highest BCUT2D eigenvalue weighted by Crippen LogP contribution is 2.27. The molecular weight excluding hydrogens is 350 g/mol. The van der Waals surface area contributed by atoms with Gasteiger partial charge in [0.2, 0.25) is 11.8 Å². The largest absolute Gasteiger partial charge is 0.324 e. The van der Waals surface area contributed by atoms with E-state index in [4.69, 9.17) is 0 Å². The molecule has 0 saturated heterocycles. The van der Waals surface area contributed by atoms with Crippen molar-refractivity contribution in [1.82, 2.24) is 4.90 Å². The lowest BCUT2D eigenvalue weighted by Crippen LogP contribution is -2.38. The van der Waals surface area contributed by atoms with Crippen LogP contribution in [-0.2, 0) is 9.59 Å². The highest BCUT2D eigenvalue weighted by atomic mass is 16.2. The van der Waals surface area contributed by atoms with E-state index in [-0.39, 0.29) is 11.8 Å². The van der Waals surface area contributed by atoms with Crippen molar-refractivity contribution in [3.63, 3.8) is 0 Å². The lowest BCUT2D eigenvalue weighted by atomic mass is 10.1. The number of aryl methyl sites for hydroxylation is 2. The number of carbonyl (C=O) groups is 2. The summed E-state index contributed by atoms with van der Waals surface area (Å²) in [6.45, 7) is 4.92. The number of carbonyl (C=O) groups excluding carboxylic acids is 2. The van der Waals surface area contributed by atoms with Gasteiger partial charge >= 0.3 is 0 Å². The molecule has 2 aromatic rings. The Morgan fingerprint density at radius 1 is 1.00 bits per heavy atom. The summed E-state index contributed by atoms with van der Waals surface area (Å²) in [7, 11) is 1.80. The van der Waals surface area contributed by atoms with E-state index in [9.17, 15) is 9.59 Å². The summed E-state index contributed by atoms with van der Waals surface area (Å²) in [4.78, 5) is 29.0. The number of hydrogen-bond donors (Lipinski definition) is 1. The lowest BCUT2D eigenvalue weighted by Gasteiger charge is -2.23. The van der Waals surface area contributed by atoms with Crippen LogP contribution in [0, 0.1) is 13.8 Å². The highest BCUT2D eigenvalue weighted by molar-refractivity contribution is 5.94. The van der Waals surface area contributed by atoms with Gasteiger partial charge in [-0.15, -0.1) is 0 Å². The molecule has 0 radical (unpaired) electrons. The molecule has 148 valence electrons. The van der Waals surface area contributed by atoms with Crippen LogP contribution in [0.15, 0.2) is 48.5 Å². The van der Waals surface area contributed by atoms with Crippen LogP contribution in [0.1, 0.15) is 30.4 Å². The van der Waals surface area contributed by atoms with Gasteiger partial charge in [-0.25, -0.2) is 0 Å². The smallest absolute Gasteiger partial charge is 0.238 e. The van der Waals surface area contributed by atoms with Crippen LogP contribution in [-0.4, -0.2) is 42.9 Å². The van der Waals surface area contributed by atoms with E-state index in [1.165, 1.54) is 0 Å². The summed E-state index contributed by atoms with van der Waals surface area (Å²) < 4.78 is 0. The standard InChI is InChI=1S/C23H29N3O2/c1-17-8-7-9-18(2)23(17)24-21(27)16-26(20-12-13-20)15-14-22(28)25(3)19-10-5-4-6-11-19/h4-11,20H,12-16H2,1-3H3,(H,24,27). The van der Waals surface area contributed by atoms with Crippen LogP contribution < -0.4 is 10.2 Å². The predicted octanol–water partition coefficient (Wildman–Crippen LogP) is 3.76. The first-order valence-corrected chi connectivity index (χ1v) is 9.87. The van der Waals surface area contributed by atoms with Gasteiger partial charge in [-0.3, -0.25) is 14.5 Å². The number of anilines is 2. The number of amides is 2. The van der Waals surface area contributed by atoms with E-state index < -0.39 is 0 Å². The molecule has 1 saturated carbocycles. The van der Waals surface area contributed by atoms with Crippen molar-refractivity contribution < 1.29 is 9.59 Å². The fourth-order valence-corrected chi connectivity index (χ4v) is 3.41. The maximum atomic E-state index is 12.6. The first kappa shape index (κ1) is 20.1. The molecule has 1 aliphatic rings. The topological polar surface area (TPSA) is 52.7 Å². The van der Waals surface area contributed by atoms with Gasteiger partial charge in [-0.1, -0.05) is 36.4 Å².